The minimum Gasteiger partial charge on any atom is -0.355 e. The van der Waals surface area contributed by atoms with Gasteiger partial charge in [-0.15, -0.1) is 0 Å². The van der Waals surface area contributed by atoms with Gasteiger partial charge in [0.15, 0.2) is 0 Å². The summed E-state index contributed by atoms with van der Waals surface area (Å²) in [7, 11) is 0. The van der Waals surface area contributed by atoms with Gasteiger partial charge in [-0.3, -0.25) is 0 Å². The zero-order valence-corrected chi connectivity index (χ0v) is 10.3. The van der Waals surface area contributed by atoms with Crippen molar-refractivity contribution >= 4 is 22.1 Å². The van der Waals surface area contributed by atoms with Crippen LogP contribution in [0.3, 0.4) is 0 Å². The standard InChI is InChI=1S/C17H12N2/c18-12-13-5-3-8-15(11-13)19-17-10-4-7-14-6-1-2-9-16(14)17/h1-11,19H. The van der Waals surface area contributed by atoms with Gasteiger partial charge < -0.3 is 5.32 Å². The fourth-order valence-corrected chi connectivity index (χ4v) is 2.16. The van der Waals surface area contributed by atoms with Crippen LogP contribution in [0.15, 0.2) is 66.7 Å². The molecule has 0 saturated carbocycles. The third-order valence-electron chi connectivity index (χ3n) is 3.06. The molecule has 0 saturated heterocycles. The van der Waals surface area contributed by atoms with Crippen molar-refractivity contribution in [2.45, 2.75) is 0 Å². The lowest BCUT2D eigenvalue weighted by Gasteiger charge is -2.09. The molecule has 0 aliphatic rings. The van der Waals surface area contributed by atoms with Crippen LogP contribution in [0.25, 0.3) is 10.8 Å². The number of nitrogens with one attached hydrogen (secondary N) is 1. The van der Waals surface area contributed by atoms with E-state index in [0.717, 1.165) is 11.4 Å². The summed E-state index contributed by atoms with van der Waals surface area (Å²) in [6.45, 7) is 0. The Balaban J connectivity index is 2.04. The van der Waals surface area contributed by atoms with E-state index in [9.17, 15) is 0 Å². The quantitative estimate of drug-likeness (QED) is 0.722. The Morgan fingerprint density at radius 3 is 2.53 bits per heavy atom. The van der Waals surface area contributed by atoms with Gasteiger partial charge in [0.1, 0.15) is 0 Å². The Morgan fingerprint density at radius 1 is 0.842 bits per heavy atom. The van der Waals surface area contributed by atoms with E-state index in [1.54, 1.807) is 6.07 Å². The van der Waals surface area contributed by atoms with E-state index in [1.807, 2.05) is 42.5 Å². The molecule has 0 aliphatic carbocycles. The van der Waals surface area contributed by atoms with Crippen molar-refractivity contribution in [3.8, 4) is 6.07 Å². The van der Waals surface area contributed by atoms with Crippen LogP contribution in [-0.2, 0) is 0 Å². The van der Waals surface area contributed by atoms with Gasteiger partial charge in [-0.25, -0.2) is 0 Å². The Morgan fingerprint density at radius 2 is 1.63 bits per heavy atom. The molecule has 1 N–H and O–H groups in total. The van der Waals surface area contributed by atoms with Crippen molar-refractivity contribution in [1.29, 1.82) is 5.26 Å². The number of fused-ring (bicyclic) bond motifs is 1. The number of benzene rings is 3. The molecular formula is C17H12N2. The highest BCUT2D eigenvalue weighted by molar-refractivity contribution is 5.95. The normalized spacial score (nSPS) is 10.1. The molecule has 0 spiro atoms. The Bertz CT molecular complexity index is 764. The minimum absolute atomic E-state index is 0.658. The van der Waals surface area contributed by atoms with Crippen LogP contribution in [0.1, 0.15) is 5.56 Å². The van der Waals surface area contributed by atoms with E-state index in [2.05, 4.69) is 29.6 Å². The maximum atomic E-state index is 8.92. The topological polar surface area (TPSA) is 35.8 Å². The van der Waals surface area contributed by atoms with Gasteiger partial charge >= 0.3 is 0 Å². The SMILES string of the molecule is N#Cc1cccc(Nc2cccc3ccccc23)c1. The van der Waals surface area contributed by atoms with E-state index in [0.29, 0.717) is 5.56 Å². The maximum Gasteiger partial charge on any atom is 0.0992 e. The molecule has 0 aliphatic heterocycles. The summed E-state index contributed by atoms with van der Waals surface area (Å²) in [4.78, 5) is 0. The van der Waals surface area contributed by atoms with Gasteiger partial charge in [0.05, 0.1) is 11.6 Å². The molecule has 0 aromatic heterocycles. The average molecular weight is 244 g/mol. The average Bonchev–Trinajstić information content (AvgIpc) is 2.48. The number of hydrogen-bond donors (Lipinski definition) is 1. The monoisotopic (exact) mass is 244 g/mol. The summed E-state index contributed by atoms with van der Waals surface area (Å²) < 4.78 is 0. The number of anilines is 2. The van der Waals surface area contributed by atoms with Crippen molar-refractivity contribution < 1.29 is 0 Å². The van der Waals surface area contributed by atoms with Gasteiger partial charge in [0, 0.05) is 16.8 Å². The summed E-state index contributed by atoms with van der Waals surface area (Å²) >= 11 is 0. The van der Waals surface area contributed by atoms with Crippen LogP contribution in [0.2, 0.25) is 0 Å². The zero-order chi connectivity index (χ0) is 13.1. The maximum absolute atomic E-state index is 8.92. The summed E-state index contributed by atoms with van der Waals surface area (Å²) in [5.41, 5.74) is 2.63. The minimum atomic E-state index is 0.658. The van der Waals surface area contributed by atoms with E-state index in [4.69, 9.17) is 5.26 Å². The number of hydrogen-bond acceptors (Lipinski definition) is 2. The molecular weight excluding hydrogens is 232 g/mol. The van der Waals surface area contributed by atoms with Crippen LogP contribution in [0.4, 0.5) is 11.4 Å². The summed E-state index contributed by atoms with van der Waals surface area (Å²) in [6.07, 6.45) is 0. The molecule has 2 heteroatoms. The van der Waals surface area contributed by atoms with Gasteiger partial charge in [-0.1, -0.05) is 42.5 Å². The summed E-state index contributed by atoms with van der Waals surface area (Å²) in [5, 5.41) is 14.7. The lowest BCUT2D eigenvalue weighted by Crippen LogP contribution is -1.91. The molecule has 0 radical (unpaired) electrons. The summed E-state index contributed by atoms with van der Waals surface area (Å²) in [6, 6.07) is 24.0. The first kappa shape index (κ1) is 11.3. The molecule has 3 aromatic rings. The first-order valence-electron chi connectivity index (χ1n) is 6.12. The number of nitrogens with zero attached hydrogens (tertiary/aromatic N) is 1. The third-order valence-corrected chi connectivity index (χ3v) is 3.06. The Hall–Kier alpha value is -2.79. The lowest BCUT2D eigenvalue weighted by atomic mass is 10.1. The molecule has 19 heavy (non-hydrogen) atoms. The molecule has 0 heterocycles. The number of rotatable bonds is 2. The Kier molecular flexibility index (Phi) is 2.88. The predicted molar refractivity (Wildman–Crippen MR) is 78.4 cm³/mol. The smallest absolute Gasteiger partial charge is 0.0992 e. The van der Waals surface area contributed by atoms with Crippen molar-refractivity contribution in [3.63, 3.8) is 0 Å². The van der Waals surface area contributed by atoms with Crippen LogP contribution in [0, 0.1) is 11.3 Å². The van der Waals surface area contributed by atoms with E-state index in [1.165, 1.54) is 10.8 Å². The molecule has 3 rings (SSSR count). The van der Waals surface area contributed by atoms with Crippen LogP contribution >= 0.6 is 0 Å². The fourth-order valence-electron chi connectivity index (χ4n) is 2.16. The van der Waals surface area contributed by atoms with Crippen molar-refractivity contribution in [1.82, 2.24) is 0 Å². The molecule has 90 valence electrons. The second-order valence-electron chi connectivity index (χ2n) is 4.34. The Labute approximate surface area is 111 Å². The van der Waals surface area contributed by atoms with E-state index in [-0.39, 0.29) is 0 Å². The highest BCUT2D eigenvalue weighted by Crippen LogP contribution is 2.26. The predicted octanol–water partition coefficient (Wildman–Crippen LogP) is 4.46. The first-order chi connectivity index (χ1) is 9.36. The van der Waals surface area contributed by atoms with Gasteiger partial charge in [0.2, 0.25) is 0 Å². The molecule has 0 fully saturated rings. The van der Waals surface area contributed by atoms with Crippen LogP contribution in [0.5, 0.6) is 0 Å². The van der Waals surface area contributed by atoms with Crippen LogP contribution in [-0.4, -0.2) is 0 Å². The second kappa shape index (κ2) is 4.83. The van der Waals surface area contributed by atoms with Gasteiger partial charge in [-0.2, -0.15) is 5.26 Å². The third kappa shape index (κ3) is 2.27. The molecule has 2 nitrogen and oxygen atoms in total. The number of nitriles is 1. The first-order valence-corrected chi connectivity index (χ1v) is 6.12. The highest BCUT2D eigenvalue weighted by atomic mass is 14.9. The fraction of sp³-hybridized carbons (Fsp3) is 0. The van der Waals surface area contributed by atoms with Crippen molar-refractivity contribution in [2.75, 3.05) is 5.32 Å². The van der Waals surface area contributed by atoms with Crippen molar-refractivity contribution in [3.05, 3.63) is 72.3 Å². The van der Waals surface area contributed by atoms with E-state index >= 15 is 0 Å². The van der Waals surface area contributed by atoms with Gasteiger partial charge in [-0.05, 0) is 29.7 Å². The van der Waals surface area contributed by atoms with Crippen LogP contribution < -0.4 is 5.32 Å². The van der Waals surface area contributed by atoms with Gasteiger partial charge in [0.25, 0.3) is 0 Å². The molecule has 0 unspecified atom stereocenters. The molecule has 0 atom stereocenters. The van der Waals surface area contributed by atoms with Crippen molar-refractivity contribution in [2.24, 2.45) is 0 Å². The zero-order valence-electron chi connectivity index (χ0n) is 10.3. The summed E-state index contributed by atoms with van der Waals surface area (Å²) in [5.74, 6) is 0. The molecule has 3 aromatic carbocycles. The largest absolute Gasteiger partial charge is 0.355 e. The molecule has 0 amide bonds. The lowest BCUT2D eigenvalue weighted by molar-refractivity contribution is 1.47. The highest BCUT2D eigenvalue weighted by Gasteiger charge is 2.01. The molecule has 0 bridgehead atoms. The second-order valence-corrected chi connectivity index (χ2v) is 4.34. The van der Waals surface area contributed by atoms with E-state index < -0.39 is 0 Å².